The van der Waals surface area contributed by atoms with Gasteiger partial charge in [0.15, 0.2) is 0 Å². The Balaban J connectivity index is 1.93. The second kappa shape index (κ2) is 7.82. The van der Waals surface area contributed by atoms with E-state index in [4.69, 9.17) is 11.6 Å². The van der Waals surface area contributed by atoms with Crippen LogP contribution in [0.2, 0.25) is 5.02 Å². The average molecular weight is 337 g/mol. The highest BCUT2D eigenvalue weighted by atomic mass is 35.5. The van der Waals surface area contributed by atoms with Crippen LogP contribution in [0.4, 0.5) is 5.69 Å². The van der Waals surface area contributed by atoms with Gasteiger partial charge in [-0.25, -0.2) is 0 Å². The molecule has 2 unspecified atom stereocenters. The average Bonchev–Trinajstić information content (AvgIpc) is 2.88. The molecule has 1 heterocycles. The number of benzene rings is 1. The number of amides is 2. The van der Waals surface area contributed by atoms with Crippen LogP contribution in [0.3, 0.4) is 0 Å². The molecular weight excluding hydrogens is 312 g/mol. The zero-order valence-electron chi connectivity index (χ0n) is 14.0. The molecule has 0 aromatic heterocycles. The summed E-state index contributed by atoms with van der Waals surface area (Å²) in [7, 11) is 0. The van der Waals surface area contributed by atoms with Gasteiger partial charge in [-0.1, -0.05) is 25.4 Å². The number of halogens is 1. The largest absolute Gasteiger partial charge is 0.353 e. The lowest BCUT2D eigenvalue weighted by Gasteiger charge is -2.19. The second-order valence-electron chi connectivity index (χ2n) is 6.69. The highest BCUT2D eigenvalue weighted by molar-refractivity contribution is 6.30. The molecule has 1 aliphatic rings. The van der Waals surface area contributed by atoms with Gasteiger partial charge in [0.05, 0.1) is 0 Å². The van der Waals surface area contributed by atoms with E-state index in [2.05, 4.69) is 19.2 Å². The molecule has 5 heteroatoms. The van der Waals surface area contributed by atoms with Gasteiger partial charge in [0.25, 0.3) is 0 Å². The Hall–Kier alpha value is -1.55. The van der Waals surface area contributed by atoms with Gasteiger partial charge in [0, 0.05) is 23.3 Å². The minimum atomic E-state index is -0.577. The number of hydrogen-bond donors (Lipinski definition) is 1. The van der Waals surface area contributed by atoms with E-state index in [1.165, 1.54) is 0 Å². The van der Waals surface area contributed by atoms with Crippen LogP contribution in [0.15, 0.2) is 24.3 Å². The Bertz CT molecular complexity index is 557. The van der Waals surface area contributed by atoms with E-state index in [9.17, 15) is 9.59 Å². The second-order valence-corrected chi connectivity index (χ2v) is 7.12. The van der Waals surface area contributed by atoms with Gasteiger partial charge in [-0.15, -0.1) is 0 Å². The van der Waals surface area contributed by atoms with Crippen molar-refractivity contribution in [1.29, 1.82) is 0 Å². The van der Waals surface area contributed by atoms with E-state index in [0.717, 1.165) is 18.5 Å². The molecule has 126 valence electrons. The predicted octanol–water partition coefficient (Wildman–Crippen LogP) is 3.63. The zero-order valence-corrected chi connectivity index (χ0v) is 14.8. The Labute approximate surface area is 143 Å². The Morgan fingerprint density at radius 2 is 1.91 bits per heavy atom. The van der Waals surface area contributed by atoms with Crippen molar-refractivity contribution in [2.24, 2.45) is 11.8 Å². The van der Waals surface area contributed by atoms with E-state index >= 15 is 0 Å². The molecule has 23 heavy (non-hydrogen) atoms. The lowest BCUT2D eigenvalue weighted by molar-refractivity contribution is -0.132. The van der Waals surface area contributed by atoms with Gasteiger partial charge >= 0.3 is 0 Å². The number of hydrogen-bond acceptors (Lipinski definition) is 2. The quantitative estimate of drug-likeness (QED) is 0.806. The third kappa shape index (κ3) is 4.71. The zero-order chi connectivity index (χ0) is 17.0. The van der Waals surface area contributed by atoms with Crippen LogP contribution in [-0.4, -0.2) is 24.4 Å². The SMILES string of the molecule is CC(C)CCC(C)NC(=O)C1CCN(c2ccc(Cl)cc2)C1=O. The fourth-order valence-electron chi connectivity index (χ4n) is 2.80. The van der Waals surface area contributed by atoms with Gasteiger partial charge < -0.3 is 10.2 Å². The van der Waals surface area contributed by atoms with Crippen molar-refractivity contribution >= 4 is 29.1 Å². The van der Waals surface area contributed by atoms with Gasteiger partial charge in [-0.3, -0.25) is 9.59 Å². The molecule has 0 bridgehead atoms. The van der Waals surface area contributed by atoms with Crippen molar-refractivity contribution in [1.82, 2.24) is 5.32 Å². The summed E-state index contributed by atoms with van der Waals surface area (Å²) in [4.78, 5) is 26.5. The number of rotatable bonds is 6. The molecule has 1 aliphatic heterocycles. The maximum atomic E-state index is 12.5. The molecule has 0 radical (unpaired) electrons. The van der Waals surface area contributed by atoms with Gasteiger partial charge in [0.2, 0.25) is 11.8 Å². The van der Waals surface area contributed by atoms with Gasteiger partial charge in [-0.2, -0.15) is 0 Å². The first-order valence-corrected chi connectivity index (χ1v) is 8.63. The third-order valence-corrected chi connectivity index (χ3v) is 4.48. The molecule has 1 fully saturated rings. The van der Waals surface area contributed by atoms with E-state index < -0.39 is 5.92 Å². The minimum Gasteiger partial charge on any atom is -0.353 e. The molecular formula is C18H25ClN2O2. The topological polar surface area (TPSA) is 49.4 Å². The molecule has 1 saturated heterocycles. The molecule has 0 aliphatic carbocycles. The van der Waals surface area contributed by atoms with Crippen molar-refractivity contribution in [3.63, 3.8) is 0 Å². The first-order valence-electron chi connectivity index (χ1n) is 8.25. The summed E-state index contributed by atoms with van der Waals surface area (Å²) < 4.78 is 0. The smallest absolute Gasteiger partial charge is 0.239 e. The highest BCUT2D eigenvalue weighted by Crippen LogP contribution is 2.26. The Morgan fingerprint density at radius 1 is 1.26 bits per heavy atom. The predicted molar refractivity (Wildman–Crippen MR) is 93.6 cm³/mol. The van der Waals surface area contributed by atoms with E-state index in [1.54, 1.807) is 17.0 Å². The fraction of sp³-hybridized carbons (Fsp3) is 0.556. The van der Waals surface area contributed by atoms with Crippen molar-refractivity contribution in [3.8, 4) is 0 Å². The Morgan fingerprint density at radius 3 is 2.52 bits per heavy atom. The van der Waals surface area contributed by atoms with E-state index in [-0.39, 0.29) is 17.9 Å². The number of nitrogens with zero attached hydrogens (tertiary/aromatic N) is 1. The van der Waals surface area contributed by atoms with E-state index in [1.807, 2.05) is 19.1 Å². The summed E-state index contributed by atoms with van der Waals surface area (Å²) in [6.07, 6.45) is 2.56. The van der Waals surface area contributed by atoms with Crippen LogP contribution in [-0.2, 0) is 9.59 Å². The lowest BCUT2D eigenvalue weighted by Crippen LogP contribution is -2.41. The maximum absolute atomic E-state index is 12.5. The van der Waals surface area contributed by atoms with Gasteiger partial charge in [0.1, 0.15) is 5.92 Å². The summed E-state index contributed by atoms with van der Waals surface area (Å²) in [5.41, 5.74) is 0.794. The molecule has 2 atom stereocenters. The third-order valence-electron chi connectivity index (χ3n) is 4.23. The first-order chi connectivity index (χ1) is 10.9. The summed E-state index contributed by atoms with van der Waals surface area (Å²) in [5.74, 6) is -0.237. The summed E-state index contributed by atoms with van der Waals surface area (Å²) in [6, 6.07) is 7.23. The molecule has 1 aromatic rings. The molecule has 0 spiro atoms. The number of nitrogens with one attached hydrogen (secondary N) is 1. The number of anilines is 1. The summed E-state index contributed by atoms with van der Waals surface area (Å²) >= 11 is 5.88. The molecule has 1 aromatic carbocycles. The molecule has 4 nitrogen and oxygen atoms in total. The van der Waals surface area contributed by atoms with Crippen LogP contribution in [0, 0.1) is 11.8 Å². The minimum absolute atomic E-state index is 0.0993. The summed E-state index contributed by atoms with van der Waals surface area (Å²) in [5, 5.41) is 3.61. The first kappa shape index (κ1) is 17.8. The van der Waals surface area contributed by atoms with Gasteiger partial charge in [-0.05, 0) is 56.4 Å². The van der Waals surface area contributed by atoms with Crippen LogP contribution in [0.25, 0.3) is 0 Å². The number of carbonyl (C=O) groups excluding carboxylic acids is 2. The maximum Gasteiger partial charge on any atom is 0.239 e. The molecule has 2 amide bonds. The van der Waals surface area contributed by atoms with Crippen LogP contribution < -0.4 is 10.2 Å². The lowest BCUT2D eigenvalue weighted by atomic mass is 10.0. The standard InChI is InChI=1S/C18H25ClN2O2/c1-12(2)4-5-13(3)20-17(22)16-10-11-21(18(16)23)15-8-6-14(19)7-9-15/h6-9,12-13,16H,4-5,10-11H2,1-3H3,(H,20,22). The fourth-order valence-corrected chi connectivity index (χ4v) is 2.93. The van der Waals surface area contributed by atoms with E-state index in [0.29, 0.717) is 23.9 Å². The van der Waals surface area contributed by atoms with Crippen molar-refractivity contribution in [2.75, 3.05) is 11.4 Å². The molecule has 0 saturated carbocycles. The highest BCUT2D eigenvalue weighted by Gasteiger charge is 2.37. The summed E-state index contributed by atoms with van der Waals surface area (Å²) in [6.45, 7) is 6.90. The molecule has 1 N–H and O–H groups in total. The van der Waals surface area contributed by atoms with Crippen LogP contribution in [0.5, 0.6) is 0 Å². The number of carbonyl (C=O) groups is 2. The van der Waals surface area contributed by atoms with Crippen molar-refractivity contribution in [2.45, 2.75) is 46.1 Å². The van der Waals surface area contributed by atoms with Crippen molar-refractivity contribution in [3.05, 3.63) is 29.3 Å². The van der Waals surface area contributed by atoms with Crippen LogP contribution >= 0.6 is 11.6 Å². The Kier molecular flexibility index (Phi) is 6.05. The van der Waals surface area contributed by atoms with Crippen LogP contribution in [0.1, 0.15) is 40.0 Å². The van der Waals surface area contributed by atoms with Crippen molar-refractivity contribution < 1.29 is 9.59 Å². The monoisotopic (exact) mass is 336 g/mol. The molecule has 2 rings (SSSR count). The normalized spacial score (nSPS) is 19.3.